The van der Waals surface area contributed by atoms with Crippen molar-refractivity contribution in [3.8, 4) is 0 Å². The van der Waals surface area contributed by atoms with Gasteiger partial charge in [-0.1, -0.05) is 0 Å². The normalized spacial score (nSPS) is 10.1. The Morgan fingerprint density at radius 2 is 2.21 bits per heavy atom. The van der Waals surface area contributed by atoms with E-state index in [1.807, 2.05) is 31.0 Å². The standard InChI is InChI=1S/C14H20N2O3/c1-11-8-12(10-17)4-5-13(11)16(2)9-14(18)15-6-7-19-3/h4-5,8,10H,6-7,9H2,1-3H3,(H,15,18). The number of nitrogens with one attached hydrogen (secondary N) is 1. The fraction of sp³-hybridized carbons (Fsp3) is 0.429. The van der Waals surface area contributed by atoms with Crippen molar-refractivity contribution >= 4 is 17.9 Å². The van der Waals surface area contributed by atoms with E-state index in [0.29, 0.717) is 18.7 Å². The van der Waals surface area contributed by atoms with Crippen LogP contribution in [0.2, 0.25) is 0 Å². The molecule has 0 saturated carbocycles. The second-order valence-corrected chi connectivity index (χ2v) is 4.36. The Kier molecular flexibility index (Phi) is 6.02. The third-order valence-electron chi connectivity index (χ3n) is 2.78. The molecule has 0 saturated heterocycles. The van der Waals surface area contributed by atoms with Crippen LogP contribution in [0.5, 0.6) is 0 Å². The van der Waals surface area contributed by atoms with Crippen molar-refractivity contribution in [3.05, 3.63) is 29.3 Å². The molecule has 0 spiro atoms. The van der Waals surface area contributed by atoms with Gasteiger partial charge >= 0.3 is 0 Å². The number of hydrogen-bond donors (Lipinski definition) is 1. The van der Waals surface area contributed by atoms with Gasteiger partial charge in [0.25, 0.3) is 0 Å². The molecular weight excluding hydrogens is 244 g/mol. The Morgan fingerprint density at radius 3 is 2.79 bits per heavy atom. The van der Waals surface area contributed by atoms with E-state index in [1.165, 1.54) is 0 Å². The minimum absolute atomic E-state index is 0.0570. The Labute approximate surface area is 113 Å². The minimum Gasteiger partial charge on any atom is -0.383 e. The number of anilines is 1. The number of hydrogen-bond acceptors (Lipinski definition) is 4. The van der Waals surface area contributed by atoms with Gasteiger partial charge < -0.3 is 15.0 Å². The van der Waals surface area contributed by atoms with Crippen molar-refractivity contribution in [1.29, 1.82) is 0 Å². The summed E-state index contributed by atoms with van der Waals surface area (Å²) >= 11 is 0. The average molecular weight is 264 g/mol. The van der Waals surface area contributed by atoms with Crippen LogP contribution in [-0.2, 0) is 9.53 Å². The van der Waals surface area contributed by atoms with E-state index >= 15 is 0 Å². The summed E-state index contributed by atoms with van der Waals surface area (Å²) in [6.07, 6.45) is 0.814. The molecular formula is C14H20N2O3. The summed E-state index contributed by atoms with van der Waals surface area (Å²) in [7, 11) is 3.44. The van der Waals surface area contributed by atoms with Gasteiger partial charge in [-0.3, -0.25) is 9.59 Å². The molecule has 0 aliphatic heterocycles. The van der Waals surface area contributed by atoms with Crippen LogP contribution in [-0.4, -0.2) is 46.0 Å². The first-order valence-corrected chi connectivity index (χ1v) is 6.11. The summed E-state index contributed by atoms with van der Waals surface area (Å²) in [5.74, 6) is -0.0570. The van der Waals surface area contributed by atoms with Gasteiger partial charge in [0.2, 0.25) is 5.91 Å². The van der Waals surface area contributed by atoms with Crippen molar-refractivity contribution in [2.75, 3.05) is 38.8 Å². The molecule has 0 unspecified atom stereocenters. The van der Waals surface area contributed by atoms with E-state index in [9.17, 15) is 9.59 Å². The summed E-state index contributed by atoms with van der Waals surface area (Å²) in [6, 6.07) is 5.40. The number of aldehydes is 1. The molecule has 1 N–H and O–H groups in total. The molecule has 1 rings (SSSR count). The molecule has 1 amide bonds. The quantitative estimate of drug-likeness (QED) is 0.590. The van der Waals surface area contributed by atoms with Gasteiger partial charge in [0.05, 0.1) is 13.2 Å². The molecule has 5 heteroatoms. The highest BCUT2D eigenvalue weighted by Crippen LogP contribution is 2.19. The third kappa shape index (κ3) is 4.71. The van der Waals surface area contributed by atoms with Crippen LogP contribution in [0.25, 0.3) is 0 Å². The van der Waals surface area contributed by atoms with E-state index in [4.69, 9.17) is 4.74 Å². The SMILES string of the molecule is COCCNC(=O)CN(C)c1ccc(C=O)cc1C. The number of benzene rings is 1. The molecule has 0 aromatic heterocycles. The van der Waals surface area contributed by atoms with Gasteiger partial charge in [0, 0.05) is 32.0 Å². The average Bonchev–Trinajstić information content (AvgIpc) is 2.38. The summed E-state index contributed by atoms with van der Waals surface area (Å²) < 4.78 is 4.87. The van der Waals surface area contributed by atoms with Crippen LogP contribution < -0.4 is 10.2 Å². The Balaban J connectivity index is 2.60. The number of carbonyl (C=O) groups excluding carboxylic acids is 2. The first-order chi connectivity index (χ1) is 9.08. The van der Waals surface area contributed by atoms with E-state index in [2.05, 4.69) is 5.32 Å². The van der Waals surface area contributed by atoms with Crippen LogP contribution in [0.3, 0.4) is 0 Å². The van der Waals surface area contributed by atoms with Crippen LogP contribution in [0, 0.1) is 6.92 Å². The van der Waals surface area contributed by atoms with E-state index in [-0.39, 0.29) is 12.5 Å². The molecule has 0 bridgehead atoms. The maximum Gasteiger partial charge on any atom is 0.239 e. The summed E-state index contributed by atoms with van der Waals surface area (Å²) in [4.78, 5) is 24.2. The fourth-order valence-corrected chi connectivity index (χ4v) is 1.83. The monoisotopic (exact) mass is 264 g/mol. The molecule has 1 aromatic rings. The predicted octanol–water partition coefficient (Wildman–Crippen LogP) is 1.01. The predicted molar refractivity (Wildman–Crippen MR) is 74.7 cm³/mol. The molecule has 1 aromatic carbocycles. The number of aryl methyl sites for hydroxylation is 1. The molecule has 0 atom stereocenters. The Bertz CT molecular complexity index is 446. The topological polar surface area (TPSA) is 58.6 Å². The molecule has 0 fully saturated rings. The number of methoxy groups -OCH3 is 1. The first-order valence-electron chi connectivity index (χ1n) is 6.11. The highest BCUT2D eigenvalue weighted by Gasteiger charge is 2.09. The van der Waals surface area contributed by atoms with E-state index in [1.54, 1.807) is 13.2 Å². The lowest BCUT2D eigenvalue weighted by molar-refractivity contribution is -0.119. The van der Waals surface area contributed by atoms with Crippen molar-refractivity contribution in [2.45, 2.75) is 6.92 Å². The lowest BCUT2D eigenvalue weighted by atomic mass is 10.1. The molecule has 5 nitrogen and oxygen atoms in total. The lowest BCUT2D eigenvalue weighted by Gasteiger charge is -2.21. The molecule has 0 aliphatic rings. The second-order valence-electron chi connectivity index (χ2n) is 4.36. The maximum absolute atomic E-state index is 11.7. The largest absolute Gasteiger partial charge is 0.383 e. The molecule has 104 valence electrons. The van der Waals surface area contributed by atoms with Crippen molar-refractivity contribution < 1.29 is 14.3 Å². The molecule has 0 aliphatic carbocycles. The number of carbonyl (C=O) groups is 2. The number of likely N-dealkylation sites (N-methyl/N-ethyl adjacent to an activating group) is 1. The number of nitrogens with zero attached hydrogens (tertiary/aromatic N) is 1. The zero-order valence-corrected chi connectivity index (χ0v) is 11.6. The van der Waals surface area contributed by atoms with Crippen LogP contribution in [0.1, 0.15) is 15.9 Å². The van der Waals surface area contributed by atoms with Gasteiger partial charge in [-0.05, 0) is 30.7 Å². The van der Waals surface area contributed by atoms with Crippen molar-refractivity contribution in [3.63, 3.8) is 0 Å². The van der Waals surface area contributed by atoms with Gasteiger partial charge in [0.1, 0.15) is 6.29 Å². The zero-order chi connectivity index (χ0) is 14.3. The van der Waals surface area contributed by atoms with Gasteiger partial charge in [-0.2, -0.15) is 0 Å². The summed E-state index contributed by atoms with van der Waals surface area (Å²) in [5.41, 5.74) is 2.54. The zero-order valence-electron chi connectivity index (χ0n) is 11.6. The minimum atomic E-state index is -0.0570. The summed E-state index contributed by atoms with van der Waals surface area (Å²) in [6.45, 7) is 3.20. The molecule has 0 heterocycles. The smallest absolute Gasteiger partial charge is 0.239 e. The van der Waals surface area contributed by atoms with Crippen molar-refractivity contribution in [1.82, 2.24) is 5.32 Å². The highest BCUT2D eigenvalue weighted by atomic mass is 16.5. The Hall–Kier alpha value is -1.88. The number of ether oxygens (including phenoxy) is 1. The highest BCUT2D eigenvalue weighted by molar-refractivity contribution is 5.82. The number of rotatable bonds is 7. The van der Waals surface area contributed by atoms with Gasteiger partial charge in [-0.25, -0.2) is 0 Å². The van der Waals surface area contributed by atoms with Gasteiger partial charge in [0.15, 0.2) is 0 Å². The van der Waals surface area contributed by atoms with E-state index < -0.39 is 0 Å². The fourth-order valence-electron chi connectivity index (χ4n) is 1.83. The van der Waals surface area contributed by atoms with Crippen LogP contribution >= 0.6 is 0 Å². The maximum atomic E-state index is 11.7. The number of amides is 1. The van der Waals surface area contributed by atoms with E-state index in [0.717, 1.165) is 17.5 Å². The third-order valence-corrected chi connectivity index (χ3v) is 2.78. The lowest BCUT2D eigenvalue weighted by Crippen LogP contribution is -2.36. The second kappa shape index (κ2) is 7.53. The first kappa shape index (κ1) is 15.2. The molecule has 0 radical (unpaired) electrons. The Morgan fingerprint density at radius 1 is 1.47 bits per heavy atom. The van der Waals surface area contributed by atoms with Crippen LogP contribution in [0.4, 0.5) is 5.69 Å². The van der Waals surface area contributed by atoms with Crippen LogP contribution in [0.15, 0.2) is 18.2 Å². The summed E-state index contributed by atoms with van der Waals surface area (Å²) in [5, 5.41) is 2.76. The van der Waals surface area contributed by atoms with Gasteiger partial charge in [-0.15, -0.1) is 0 Å². The molecule has 19 heavy (non-hydrogen) atoms. The van der Waals surface area contributed by atoms with Crippen molar-refractivity contribution in [2.24, 2.45) is 0 Å².